The fraction of sp³-hybridized carbons (Fsp3) is 0.702. The Morgan fingerprint density at radius 3 is 1.93 bits per heavy atom. The van der Waals surface area contributed by atoms with Crippen molar-refractivity contribution in [2.45, 2.75) is 172 Å². The Morgan fingerprint density at radius 2 is 1.48 bits per heavy atom. The van der Waals surface area contributed by atoms with E-state index in [2.05, 4.69) is 85.6 Å². The molecule has 2 aliphatic rings. The van der Waals surface area contributed by atoms with E-state index in [0.717, 1.165) is 107 Å². The van der Waals surface area contributed by atoms with E-state index in [0.29, 0.717) is 55.9 Å². The van der Waals surface area contributed by atoms with Gasteiger partial charge in [-0.25, -0.2) is 16.5 Å². The maximum Gasteiger partial charge on any atom is 0.407 e. The Labute approximate surface area is 514 Å². The zero-order valence-corrected chi connectivity index (χ0v) is 55.6. The standard InChI is InChI=1S/C16H24N4O4.C11H22N4O.C11H23N2O2.C10H20O2.2C2H6.C2H4.CH3NO.CH4O.CH2O.Y/c1-17-9-3-4-14(19-11-21)15(22)20-13-7-5-12(6-8-13)10-24-16(23)18-2;1-15(13)11-5-3-8-7(2-4-10(11)12)9(8)6-16-14;1-5-6-7-15-12-8-11(14)13-10(4)9(2)3;1-9(2)8-12-10(3,4)6-5-7-11;3*1-2;2-1-3;2*1-2;/h5-8,11,14,17H,3-4,9-10H2,1-2H3,(H,18,23)(H,19,21)(H,20,22);7-9H,2-6,12-14H2,1H3;9-10H,5-8H2,1-4H3,(H,13,14);7,9H,5-6,8H2,1-4H3;2*1-2H3;1-2H2;1H,(H2,2,3);2H,1H3;1H2;/q;;-1;;;;;;;;/b;11-10-;;;;;;;;;. The predicted molar refractivity (Wildman–Crippen MR) is 324 cm³/mol. The van der Waals surface area contributed by atoms with Gasteiger partial charge in [0.15, 0.2) is 0 Å². The first-order valence-corrected chi connectivity index (χ1v) is 27.6. The third-order valence-corrected chi connectivity index (χ3v) is 11.3. The molecule has 81 heavy (non-hydrogen) atoms. The van der Waals surface area contributed by atoms with Gasteiger partial charge in [-0.05, 0) is 140 Å². The molecule has 2 aliphatic carbocycles. The van der Waals surface area contributed by atoms with Gasteiger partial charge >= 0.3 is 6.09 Å². The first-order chi connectivity index (χ1) is 38.2. The Balaban J connectivity index is -0.000000139. The molecule has 1 aromatic rings. The van der Waals surface area contributed by atoms with Crippen LogP contribution in [0.15, 0.2) is 48.8 Å². The molecule has 1 fully saturated rings. The molecule has 0 aliphatic heterocycles. The Morgan fingerprint density at radius 1 is 0.938 bits per heavy atom. The largest absolute Gasteiger partial charge is 0.526 e. The van der Waals surface area contributed by atoms with Gasteiger partial charge in [0.25, 0.3) is 0 Å². The number of aliphatic hydroxyl groups excluding tert-OH is 1. The molecule has 0 spiro atoms. The SMILES string of the molecule is C=C.C=O.CC.CC.CC(C)COC(C)(C)CCC=O.CCCCO[N-]CC(=O)NC(C)C(C)C.CN(N)/C1=C(\N)CCC2C(CC1)C2CON.CNCCCC(NC=O)C(=O)Nc1ccc(COC(=O)NC)cc1.CO.NC=O.[Y]. The van der Waals surface area contributed by atoms with Gasteiger partial charge in [-0.3, -0.25) is 19.2 Å². The molecule has 5 atom stereocenters. The number of benzene rings is 1. The molecule has 3 rings (SSSR count). The summed E-state index contributed by atoms with van der Waals surface area (Å²) in [6.07, 6.45) is 10.2. The number of rotatable bonds is 27. The van der Waals surface area contributed by atoms with Gasteiger partial charge in [0.1, 0.15) is 25.7 Å². The summed E-state index contributed by atoms with van der Waals surface area (Å²) >= 11 is 0. The smallest absolute Gasteiger partial charge is 0.407 e. The second-order valence-electron chi connectivity index (χ2n) is 18.5. The van der Waals surface area contributed by atoms with Crippen LogP contribution in [-0.2, 0) is 87.2 Å². The molecule has 0 heterocycles. The fourth-order valence-corrected chi connectivity index (χ4v) is 6.78. The van der Waals surface area contributed by atoms with Crippen LogP contribution in [0.25, 0.3) is 5.48 Å². The number of primary amides is 1. The van der Waals surface area contributed by atoms with Crippen molar-refractivity contribution in [3.8, 4) is 0 Å². The number of amides is 5. The van der Waals surface area contributed by atoms with Crippen molar-refractivity contribution < 1.29 is 90.5 Å². The number of hydrogen-bond donors (Lipinski definition) is 10. The summed E-state index contributed by atoms with van der Waals surface area (Å²) in [5.41, 5.74) is 17.2. The number of ether oxygens (including phenoxy) is 2. The minimum atomic E-state index is -0.577. The normalized spacial score (nSPS) is 15.6. The molecule has 1 saturated carbocycles. The van der Waals surface area contributed by atoms with Crippen LogP contribution in [0.1, 0.15) is 153 Å². The fourth-order valence-electron chi connectivity index (χ4n) is 6.78. The van der Waals surface area contributed by atoms with E-state index in [9.17, 15) is 24.0 Å². The van der Waals surface area contributed by atoms with Gasteiger partial charge in [-0.2, -0.15) is 0 Å². The number of fused-ring (bicyclic) bond motifs is 1. The molecule has 0 aromatic heterocycles. The van der Waals surface area contributed by atoms with E-state index >= 15 is 0 Å². The number of nitrogens with zero attached hydrogens (tertiary/aromatic N) is 2. The van der Waals surface area contributed by atoms with Gasteiger partial charge in [-0.15, -0.1) is 13.2 Å². The molecule has 23 nitrogen and oxygen atoms in total. The number of unbranched alkanes of at least 4 members (excludes halogenated alkanes) is 1. The molecule has 24 heteroatoms. The third kappa shape index (κ3) is 55.9. The number of allylic oxidation sites excluding steroid dienone is 2. The van der Waals surface area contributed by atoms with E-state index < -0.39 is 12.1 Å². The van der Waals surface area contributed by atoms with E-state index in [-0.39, 0.29) is 75.7 Å². The second-order valence-corrected chi connectivity index (χ2v) is 18.5. The number of nitrogens with two attached hydrogens (primary N) is 4. The predicted octanol–water partition coefficient (Wildman–Crippen LogP) is 6.93. The topological polar surface area (TPSA) is 358 Å². The summed E-state index contributed by atoms with van der Waals surface area (Å²) in [6.45, 7) is 35.6. The van der Waals surface area contributed by atoms with Crippen molar-refractivity contribution in [1.29, 1.82) is 0 Å². The molecule has 5 amide bonds. The molecule has 14 N–H and O–H groups in total. The number of anilines is 1. The van der Waals surface area contributed by atoms with E-state index in [4.69, 9.17) is 51.3 Å². The monoisotopic (exact) mass is 1230 g/mol. The summed E-state index contributed by atoms with van der Waals surface area (Å²) < 4.78 is 10.6. The first kappa shape index (κ1) is 93.0. The maximum absolute atomic E-state index is 12.2. The number of carbonyl (C=O) groups excluding carboxylic acids is 7. The van der Waals surface area contributed by atoms with Crippen molar-refractivity contribution in [2.75, 3.05) is 66.5 Å². The third-order valence-electron chi connectivity index (χ3n) is 11.3. The van der Waals surface area contributed by atoms with Crippen LogP contribution in [0.2, 0.25) is 0 Å². The number of alkyl carbamates (subject to hydrolysis) is 1. The van der Waals surface area contributed by atoms with Crippen LogP contribution < -0.4 is 49.8 Å². The number of hydrogen-bond acceptors (Lipinski definition) is 17. The van der Waals surface area contributed by atoms with Crippen molar-refractivity contribution in [1.82, 2.24) is 26.3 Å². The molecule has 5 unspecified atom stereocenters. The molecule has 0 bridgehead atoms. The average Bonchev–Trinajstić information content (AvgIpc) is 4.11. The van der Waals surface area contributed by atoms with Crippen molar-refractivity contribution >= 4 is 49.5 Å². The van der Waals surface area contributed by atoms with Crippen LogP contribution in [-0.4, -0.2) is 133 Å². The van der Waals surface area contributed by atoms with Crippen LogP contribution in [0.5, 0.6) is 0 Å². The van der Waals surface area contributed by atoms with E-state index in [1.165, 1.54) is 7.05 Å². The second kappa shape index (κ2) is 66.4. The van der Waals surface area contributed by atoms with Crippen LogP contribution in [0.3, 0.4) is 0 Å². The molecular formula is C57H114N11O12Y-. The number of aliphatic hydroxyl groups is 1. The van der Waals surface area contributed by atoms with E-state index in [1.54, 1.807) is 29.3 Å². The molecule has 0 saturated heterocycles. The quantitative estimate of drug-likeness (QED) is 0.0140. The maximum atomic E-state index is 12.2. The van der Waals surface area contributed by atoms with Crippen LogP contribution in [0.4, 0.5) is 10.5 Å². The van der Waals surface area contributed by atoms with Gasteiger partial charge in [-0.1, -0.05) is 80.9 Å². The summed E-state index contributed by atoms with van der Waals surface area (Å²) in [6, 6.07) is 6.54. The van der Waals surface area contributed by atoms with Crippen molar-refractivity contribution in [3.63, 3.8) is 0 Å². The Bertz CT molecular complexity index is 1650. The number of carbonyl (C=O) groups is 7. The molecule has 473 valence electrons. The summed E-state index contributed by atoms with van der Waals surface area (Å²) in [5, 5.41) is 22.2. The van der Waals surface area contributed by atoms with Gasteiger partial charge in [0.05, 0.1) is 12.2 Å². The minimum Gasteiger partial charge on any atom is -0.526 e. The summed E-state index contributed by atoms with van der Waals surface area (Å²) in [5.74, 6) is 13.7. The number of aldehydes is 1. The number of hydroxylamine groups is 1. The van der Waals surface area contributed by atoms with Crippen molar-refractivity contribution in [3.05, 3.63) is 59.9 Å². The molecule has 1 radical (unpaired) electrons. The minimum absolute atomic E-state index is 0. The summed E-state index contributed by atoms with van der Waals surface area (Å²) in [7, 11) is 6.17. The first-order valence-electron chi connectivity index (χ1n) is 27.6. The average molecular weight is 1230 g/mol. The number of hydrazine groups is 1. The van der Waals surface area contributed by atoms with Gasteiger partial charge in [0, 0.05) is 96.7 Å². The zero-order chi connectivity index (χ0) is 63.5. The van der Waals surface area contributed by atoms with E-state index in [1.807, 2.05) is 69.4 Å². The van der Waals surface area contributed by atoms with Gasteiger partial charge < -0.3 is 82.4 Å². The van der Waals surface area contributed by atoms with Crippen LogP contribution in [0, 0.1) is 29.6 Å². The van der Waals surface area contributed by atoms with Crippen molar-refractivity contribution in [2.24, 2.45) is 52.8 Å². The summed E-state index contributed by atoms with van der Waals surface area (Å²) in [4.78, 5) is 81.6. The van der Waals surface area contributed by atoms with Crippen LogP contribution >= 0.6 is 0 Å². The van der Waals surface area contributed by atoms with Gasteiger partial charge in [0.2, 0.25) is 24.6 Å². The zero-order valence-electron chi connectivity index (χ0n) is 52.7. The molecule has 1 aromatic carbocycles. The number of nitrogens with one attached hydrogen (secondary N) is 5. The Kier molecular flexibility index (Phi) is 76.2. The molecular weight excluding hydrogens is 1120 g/mol. The Hall–Kier alpha value is -4.43.